The van der Waals surface area contributed by atoms with Crippen LogP contribution in [0.15, 0.2) is 40.7 Å². The van der Waals surface area contributed by atoms with Crippen LogP contribution in [0.4, 0.5) is 5.13 Å². The van der Waals surface area contributed by atoms with Gasteiger partial charge < -0.3 is 5.73 Å². The summed E-state index contributed by atoms with van der Waals surface area (Å²) < 4.78 is 0.912. The zero-order valence-electron chi connectivity index (χ0n) is 8.54. The predicted molar refractivity (Wildman–Crippen MR) is 70.5 cm³/mol. The van der Waals surface area contributed by atoms with Crippen LogP contribution in [0.5, 0.6) is 0 Å². The smallest absolute Gasteiger partial charge is 0.203 e. The first-order valence-electron chi connectivity index (χ1n) is 4.78. The number of anilines is 1. The number of nitrogens with zero attached hydrogens (tertiary/aromatic N) is 2. The second-order valence-electron chi connectivity index (χ2n) is 3.03. The number of rotatable bonds is 4. The van der Waals surface area contributed by atoms with E-state index in [0.29, 0.717) is 5.13 Å². The van der Waals surface area contributed by atoms with Crippen LogP contribution in [0.3, 0.4) is 0 Å². The molecule has 0 bridgehead atoms. The maximum absolute atomic E-state index is 5.49. The molecule has 0 saturated carbocycles. The first-order chi connectivity index (χ1) is 7.84. The molecule has 1 aromatic carbocycles. The van der Waals surface area contributed by atoms with Crippen molar-refractivity contribution in [3.8, 4) is 0 Å². The quantitative estimate of drug-likeness (QED) is 0.846. The highest BCUT2D eigenvalue weighted by molar-refractivity contribution is 8.01. The summed E-state index contributed by atoms with van der Waals surface area (Å²) in [6.45, 7) is 0. The minimum Gasteiger partial charge on any atom is -0.374 e. The lowest BCUT2D eigenvalue weighted by atomic mass is 10.2. The van der Waals surface area contributed by atoms with Crippen LogP contribution < -0.4 is 5.73 Å². The van der Waals surface area contributed by atoms with E-state index in [1.54, 1.807) is 11.8 Å². The Labute approximate surface area is 102 Å². The highest BCUT2D eigenvalue weighted by Crippen LogP contribution is 2.23. The van der Waals surface area contributed by atoms with Gasteiger partial charge in [-0.05, 0) is 5.56 Å². The van der Waals surface area contributed by atoms with Crippen LogP contribution in [0.25, 0.3) is 6.08 Å². The second-order valence-corrected chi connectivity index (χ2v) is 5.31. The molecule has 16 heavy (non-hydrogen) atoms. The molecule has 2 N–H and O–H groups in total. The van der Waals surface area contributed by atoms with Crippen molar-refractivity contribution >= 4 is 34.3 Å². The molecule has 5 heteroatoms. The minimum absolute atomic E-state index is 0.523. The Morgan fingerprint density at radius 1 is 1.25 bits per heavy atom. The fraction of sp³-hybridized carbons (Fsp3) is 0.0909. The predicted octanol–water partition coefficient (Wildman–Crippen LogP) is 2.93. The van der Waals surface area contributed by atoms with Gasteiger partial charge in [-0.2, -0.15) is 0 Å². The standard InChI is InChI=1S/C11H11N3S2/c12-10-13-14-11(16-10)15-8-4-7-9-5-2-1-3-6-9/h1-7H,8H2,(H2,12,13). The summed E-state index contributed by atoms with van der Waals surface area (Å²) in [7, 11) is 0. The number of nitrogen functional groups attached to an aromatic ring is 1. The molecular formula is C11H11N3S2. The molecule has 0 unspecified atom stereocenters. The van der Waals surface area contributed by atoms with Crippen molar-refractivity contribution in [2.75, 3.05) is 11.5 Å². The van der Waals surface area contributed by atoms with E-state index < -0.39 is 0 Å². The molecule has 0 fully saturated rings. The maximum atomic E-state index is 5.49. The summed E-state index contributed by atoms with van der Waals surface area (Å²) in [4.78, 5) is 0. The fourth-order valence-corrected chi connectivity index (χ4v) is 2.62. The molecule has 0 aliphatic carbocycles. The number of hydrogen-bond donors (Lipinski definition) is 1. The Bertz CT molecular complexity index is 465. The normalized spacial score (nSPS) is 11.0. The van der Waals surface area contributed by atoms with Gasteiger partial charge in [0.25, 0.3) is 0 Å². The van der Waals surface area contributed by atoms with Crippen LogP contribution >= 0.6 is 23.1 Å². The van der Waals surface area contributed by atoms with Crippen LogP contribution in [-0.2, 0) is 0 Å². The average molecular weight is 249 g/mol. The molecular weight excluding hydrogens is 238 g/mol. The first-order valence-corrected chi connectivity index (χ1v) is 6.58. The molecule has 0 spiro atoms. The number of aromatic nitrogens is 2. The van der Waals surface area contributed by atoms with Gasteiger partial charge in [0.05, 0.1) is 0 Å². The molecule has 2 rings (SSSR count). The van der Waals surface area contributed by atoms with Crippen molar-refractivity contribution in [3.63, 3.8) is 0 Å². The number of nitrogens with two attached hydrogens (primary N) is 1. The van der Waals surface area contributed by atoms with Gasteiger partial charge in [0, 0.05) is 5.75 Å². The lowest BCUT2D eigenvalue weighted by molar-refractivity contribution is 1.02. The van der Waals surface area contributed by atoms with E-state index in [0.717, 1.165) is 10.1 Å². The number of benzene rings is 1. The van der Waals surface area contributed by atoms with E-state index in [-0.39, 0.29) is 0 Å². The summed E-state index contributed by atoms with van der Waals surface area (Å²) >= 11 is 3.06. The van der Waals surface area contributed by atoms with Crippen molar-refractivity contribution < 1.29 is 0 Å². The second kappa shape index (κ2) is 5.67. The minimum atomic E-state index is 0.523. The Balaban J connectivity index is 1.82. The van der Waals surface area contributed by atoms with E-state index in [9.17, 15) is 0 Å². The van der Waals surface area contributed by atoms with E-state index in [1.807, 2.05) is 18.2 Å². The fourth-order valence-electron chi connectivity index (χ4n) is 1.15. The van der Waals surface area contributed by atoms with Crippen LogP contribution in [0.2, 0.25) is 0 Å². The molecule has 0 radical (unpaired) electrons. The third kappa shape index (κ3) is 3.36. The van der Waals surface area contributed by atoms with E-state index in [2.05, 4.69) is 34.5 Å². The van der Waals surface area contributed by atoms with Crippen LogP contribution in [-0.4, -0.2) is 16.0 Å². The van der Waals surface area contributed by atoms with Gasteiger partial charge >= 0.3 is 0 Å². The highest BCUT2D eigenvalue weighted by Gasteiger charge is 1.98. The molecule has 3 nitrogen and oxygen atoms in total. The molecule has 0 atom stereocenters. The SMILES string of the molecule is Nc1nnc(SCC=Cc2ccccc2)s1. The molecule has 0 amide bonds. The summed E-state index contributed by atoms with van der Waals surface area (Å²) in [5, 5.41) is 8.21. The van der Waals surface area contributed by atoms with Gasteiger partial charge in [-0.3, -0.25) is 0 Å². The molecule has 2 aromatic rings. The third-order valence-electron chi connectivity index (χ3n) is 1.83. The van der Waals surface area contributed by atoms with Gasteiger partial charge in [0.1, 0.15) is 0 Å². The summed E-state index contributed by atoms with van der Waals surface area (Å²) in [5.74, 6) is 0.878. The van der Waals surface area contributed by atoms with Crippen molar-refractivity contribution in [3.05, 3.63) is 42.0 Å². The summed E-state index contributed by atoms with van der Waals surface area (Å²) in [6, 6.07) is 10.2. The molecule has 0 aliphatic heterocycles. The lowest BCUT2D eigenvalue weighted by Crippen LogP contribution is -1.79. The Morgan fingerprint density at radius 2 is 2.06 bits per heavy atom. The molecule has 0 aliphatic rings. The number of hydrogen-bond acceptors (Lipinski definition) is 5. The van der Waals surface area contributed by atoms with E-state index in [1.165, 1.54) is 16.9 Å². The Hall–Kier alpha value is -1.33. The topological polar surface area (TPSA) is 51.8 Å². The average Bonchev–Trinajstić information content (AvgIpc) is 2.72. The van der Waals surface area contributed by atoms with Crippen molar-refractivity contribution in [2.24, 2.45) is 0 Å². The van der Waals surface area contributed by atoms with Gasteiger partial charge in [-0.15, -0.1) is 10.2 Å². The van der Waals surface area contributed by atoms with Gasteiger partial charge in [0.15, 0.2) is 4.34 Å². The largest absolute Gasteiger partial charge is 0.374 e. The summed E-state index contributed by atoms with van der Waals surface area (Å²) in [6.07, 6.45) is 4.20. The van der Waals surface area contributed by atoms with E-state index >= 15 is 0 Å². The zero-order valence-corrected chi connectivity index (χ0v) is 10.2. The first kappa shape index (κ1) is 11.2. The van der Waals surface area contributed by atoms with Gasteiger partial charge in [-0.25, -0.2) is 0 Å². The van der Waals surface area contributed by atoms with Crippen molar-refractivity contribution in [1.82, 2.24) is 10.2 Å². The molecule has 1 heterocycles. The maximum Gasteiger partial charge on any atom is 0.203 e. The molecule has 0 saturated heterocycles. The number of thioether (sulfide) groups is 1. The monoisotopic (exact) mass is 249 g/mol. The Kier molecular flexibility index (Phi) is 3.96. The van der Waals surface area contributed by atoms with Gasteiger partial charge in [0.2, 0.25) is 5.13 Å². The van der Waals surface area contributed by atoms with E-state index in [4.69, 9.17) is 5.73 Å². The molecule has 1 aromatic heterocycles. The lowest BCUT2D eigenvalue weighted by Gasteiger charge is -1.91. The highest BCUT2D eigenvalue weighted by atomic mass is 32.2. The third-order valence-corrected chi connectivity index (χ3v) is 3.67. The van der Waals surface area contributed by atoms with Crippen molar-refractivity contribution in [1.29, 1.82) is 0 Å². The summed E-state index contributed by atoms with van der Waals surface area (Å²) in [5.41, 5.74) is 6.70. The van der Waals surface area contributed by atoms with Crippen molar-refractivity contribution in [2.45, 2.75) is 4.34 Å². The van der Waals surface area contributed by atoms with Gasteiger partial charge in [-0.1, -0.05) is 65.6 Å². The Morgan fingerprint density at radius 3 is 2.75 bits per heavy atom. The van der Waals surface area contributed by atoms with Crippen LogP contribution in [0.1, 0.15) is 5.56 Å². The van der Waals surface area contributed by atoms with Crippen LogP contribution in [0, 0.1) is 0 Å². The molecule has 82 valence electrons. The zero-order chi connectivity index (χ0) is 11.2.